The molecule has 0 aliphatic rings. The minimum atomic E-state index is -1.01. The Kier molecular flexibility index (Phi) is 10.7. The molecule has 1 aromatic rings. The van der Waals surface area contributed by atoms with Crippen LogP contribution in [0, 0.1) is 11.3 Å². The van der Waals surface area contributed by atoms with E-state index in [2.05, 4.69) is 10.6 Å². The molecule has 1 unspecified atom stereocenters. The molecule has 7 nitrogen and oxygen atoms in total. The molecule has 3 N–H and O–H groups in total. The van der Waals surface area contributed by atoms with Crippen molar-refractivity contribution in [1.82, 2.24) is 15.5 Å². The number of likely N-dealkylation sites (N-methyl/N-ethyl adjacent to an activating group) is 2. The first-order chi connectivity index (χ1) is 16.1. The van der Waals surface area contributed by atoms with Crippen LogP contribution in [0.2, 0.25) is 0 Å². The summed E-state index contributed by atoms with van der Waals surface area (Å²) in [5.74, 6) is -1.49. The van der Waals surface area contributed by atoms with E-state index < -0.39 is 34.9 Å². The number of carbonyl (C=O) groups is 3. The molecule has 0 bridgehead atoms. The normalized spacial score (nSPS) is 16.1. The lowest BCUT2D eigenvalue weighted by atomic mass is 9.76. The lowest BCUT2D eigenvalue weighted by Gasteiger charge is -2.40. The average molecular weight is 488 g/mol. The van der Waals surface area contributed by atoms with Crippen LogP contribution in [-0.4, -0.2) is 60.0 Å². The van der Waals surface area contributed by atoms with Crippen LogP contribution in [0.5, 0.6) is 0 Å². The molecule has 0 heterocycles. The van der Waals surface area contributed by atoms with Crippen LogP contribution in [-0.2, 0) is 19.8 Å². The molecule has 196 valence electrons. The van der Waals surface area contributed by atoms with Gasteiger partial charge >= 0.3 is 5.97 Å². The van der Waals surface area contributed by atoms with E-state index in [9.17, 15) is 19.5 Å². The quantitative estimate of drug-likeness (QED) is 0.410. The number of hydrogen-bond acceptors (Lipinski definition) is 4. The maximum Gasteiger partial charge on any atom is 0.331 e. The molecule has 0 saturated carbocycles. The second kappa shape index (κ2) is 12.3. The third-order valence-electron chi connectivity index (χ3n) is 6.97. The van der Waals surface area contributed by atoms with E-state index in [0.717, 1.165) is 12.0 Å². The molecule has 0 aliphatic carbocycles. The fraction of sp³-hybridized carbons (Fsp3) is 0.607. The van der Waals surface area contributed by atoms with Crippen LogP contribution >= 0.6 is 0 Å². The molecule has 2 amide bonds. The summed E-state index contributed by atoms with van der Waals surface area (Å²) < 4.78 is 0. The molecule has 0 fully saturated rings. The number of nitrogens with zero attached hydrogens (tertiary/aromatic N) is 1. The minimum absolute atomic E-state index is 0.0386. The smallest absolute Gasteiger partial charge is 0.331 e. The molecule has 1 rings (SSSR count). The van der Waals surface area contributed by atoms with Gasteiger partial charge in [0.1, 0.15) is 6.04 Å². The molecule has 0 spiro atoms. The first kappa shape index (κ1) is 30.4. The first-order valence-corrected chi connectivity index (χ1v) is 12.3. The second-order valence-electron chi connectivity index (χ2n) is 11.1. The highest BCUT2D eigenvalue weighted by molar-refractivity contribution is 5.91. The lowest BCUT2D eigenvalue weighted by molar-refractivity contribution is -0.141. The Balaban J connectivity index is 3.32. The number of benzene rings is 1. The highest BCUT2D eigenvalue weighted by atomic mass is 16.4. The molecular formula is C28H45N3O4. The van der Waals surface area contributed by atoms with Crippen molar-refractivity contribution in [2.75, 3.05) is 14.1 Å². The second-order valence-corrected chi connectivity index (χ2v) is 11.1. The van der Waals surface area contributed by atoms with E-state index in [1.54, 1.807) is 25.1 Å². The van der Waals surface area contributed by atoms with Gasteiger partial charge in [-0.1, -0.05) is 91.3 Å². The van der Waals surface area contributed by atoms with Gasteiger partial charge in [0.25, 0.3) is 0 Å². The topological polar surface area (TPSA) is 98.7 Å². The number of aliphatic carboxylic acids is 1. The van der Waals surface area contributed by atoms with Crippen LogP contribution in [0.25, 0.3) is 0 Å². The van der Waals surface area contributed by atoms with E-state index in [1.807, 2.05) is 78.8 Å². The summed E-state index contributed by atoms with van der Waals surface area (Å²) in [5, 5.41) is 15.6. The molecule has 0 saturated heterocycles. The number of carbonyl (C=O) groups excluding carboxylic acids is 2. The fourth-order valence-electron chi connectivity index (χ4n) is 4.31. The van der Waals surface area contributed by atoms with Crippen LogP contribution in [0.15, 0.2) is 42.0 Å². The van der Waals surface area contributed by atoms with Crippen molar-refractivity contribution < 1.29 is 19.5 Å². The van der Waals surface area contributed by atoms with E-state index in [4.69, 9.17) is 0 Å². The summed E-state index contributed by atoms with van der Waals surface area (Å²) in [4.78, 5) is 40.4. The summed E-state index contributed by atoms with van der Waals surface area (Å²) in [6.07, 6.45) is 2.40. The van der Waals surface area contributed by atoms with Gasteiger partial charge in [0.2, 0.25) is 11.8 Å². The predicted molar refractivity (Wildman–Crippen MR) is 141 cm³/mol. The summed E-state index contributed by atoms with van der Waals surface area (Å²) in [6, 6.07) is 8.02. The monoisotopic (exact) mass is 487 g/mol. The summed E-state index contributed by atoms with van der Waals surface area (Å²) >= 11 is 0. The van der Waals surface area contributed by atoms with Crippen molar-refractivity contribution in [1.29, 1.82) is 0 Å². The predicted octanol–water partition coefficient (Wildman–Crippen LogP) is 3.99. The van der Waals surface area contributed by atoms with Gasteiger partial charge in [0, 0.05) is 18.0 Å². The highest BCUT2D eigenvalue weighted by Crippen LogP contribution is 2.29. The van der Waals surface area contributed by atoms with Crippen molar-refractivity contribution in [3.8, 4) is 0 Å². The van der Waals surface area contributed by atoms with Crippen LogP contribution in [0.1, 0.15) is 67.4 Å². The van der Waals surface area contributed by atoms with E-state index in [1.165, 1.54) is 6.92 Å². The molecule has 4 atom stereocenters. The van der Waals surface area contributed by atoms with Crippen molar-refractivity contribution in [3.05, 3.63) is 47.5 Å². The molecule has 7 heteroatoms. The lowest BCUT2D eigenvalue weighted by Crippen LogP contribution is -2.61. The third kappa shape index (κ3) is 7.66. The summed E-state index contributed by atoms with van der Waals surface area (Å²) in [5.41, 5.74) is 0.0994. The SMILES string of the molecule is CCC(C)[C@@H](/C=C(\C)C(=O)O)N(C)C(=O)[C@@H](NC(=O)[C@@H](NC)C(C)(C)c1ccccc1)C(C)(C)C. The average Bonchev–Trinajstić information content (AvgIpc) is 2.79. The zero-order chi connectivity index (χ0) is 27.1. The Morgan fingerprint density at radius 2 is 1.60 bits per heavy atom. The molecule has 0 aliphatic heterocycles. The van der Waals surface area contributed by atoms with Crippen molar-refractivity contribution in [2.45, 2.75) is 85.4 Å². The number of nitrogens with one attached hydrogen (secondary N) is 2. The number of hydrogen-bond donors (Lipinski definition) is 3. The van der Waals surface area contributed by atoms with E-state index in [0.29, 0.717) is 0 Å². The summed E-state index contributed by atoms with van der Waals surface area (Å²) in [6.45, 7) is 15.3. The van der Waals surface area contributed by atoms with Crippen LogP contribution in [0.3, 0.4) is 0 Å². The van der Waals surface area contributed by atoms with Crippen molar-refractivity contribution in [3.63, 3.8) is 0 Å². The van der Waals surface area contributed by atoms with Crippen molar-refractivity contribution in [2.24, 2.45) is 11.3 Å². The molecule has 35 heavy (non-hydrogen) atoms. The highest BCUT2D eigenvalue weighted by Gasteiger charge is 2.41. The Labute approximate surface area is 211 Å². The Hall–Kier alpha value is -2.67. The number of carboxylic acids is 1. The number of rotatable bonds is 11. The van der Waals surface area contributed by atoms with Crippen LogP contribution in [0.4, 0.5) is 0 Å². The third-order valence-corrected chi connectivity index (χ3v) is 6.97. The standard InChI is InChI=1S/C28H45N3O4/c1-11-18(2)21(17-19(3)26(34)35)31(10)25(33)23(27(4,5)6)30-24(32)22(29-9)28(7,8)20-15-13-12-14-16-20/h12-18,21-23,29H,11H2,1-10H3,(H,30,32)(H,34,35)/b19-17+/t18?,21-,22-,23-/m1/s1. The zero-order valence-electron chi connectivity index (χ0n) is 23.1. The Morgan fingerprint density at radius 1 is 1.06 bits per heavy atom. The minimum Gasteiger partial charge on any atom is -0.478 e. The molecule has 1 aromatic carbocycles. The Morgan fingerprint density at radius 3 is 2.03 bits per heavy atom. The van der Waals surface area contributed by atoms with Gasteiger partial charge in [-0.2, -0.15) is 0 Å². The summed E-state index contributed by atoms with van der Waals surface area (Å²) in [7, 11) is 3.42. The van der Waals surface area contributed by atoms with Crippen LogP contribution < -0.4 is 10.6 Å². The van der Waals surface area contributed by atoms with Gasteiger partial charge in [0.15, 0.2) is 0 Å². The van der Waals surface area contributed by atoms with Gasteiger partial charge < -0.3 is 20.6 Å². The van der Waals surface area contributed by atoms with E-state index >= 15 is 0 Å². The zero-order valence-corrected chi connectivity index (χ0v) is 23.1. The maximum absolute atomic E-state index is 13.8. The largest absolute Gasteiger partial charge is 0.478 e. The molecular weight excluding hydrogens is 442 g/mol. The Bertz CT molecular complexity index is 903. The van der Waals surface area contributed by atoms with Gasteiger partial charge in [-0.05, 0) is 30.9 Å². The number of carboxylic acid groups (broad SMARTS) is 1. The molecule has 0 radical (unpaired) electrons. The van der Waals surface area contributed by atoms with E-state index in [-0.39, 0.29) is 23.3 Å². The van der Waals surface area contributed by atoms with Gasteiger partial charge in [-0.15, -0.1) is 0 Å². The maximum atomic E-state index is 13.8. The fourth-order valence-corrected chi connectivity index (χ4v) is 4.31. The van der Waals surface area contributed by atoms with Crippen molar-refractivity contribution >= 4 is 17.8 Å². The van der Waals surface area contributed by atoms with Gasteiger partial charge in [-0.3, -0.25) is 9.59 Å². The first-order valence-electron chi connectivity index (χ1n) is 12.3. The number of amides is 2. The molecule has 0 aromatic heterocycles. The van der Waals surface area contributed by atoms with Gasteiger partial charge in [0.05, 0.1) is 12.1 Å². The van der Waals surface area contributed by atoms with Gasteiger partial charge in [-0.25, -0.2) is 4.79 Å².